The molecule has 7 heteroatoms. The lowest BCUT2D eigenvalue weighted by atomic mass is 10.1. The third kappa shape index (κ3) is 7.31. The van der Waals surface area contributed by atoms with Gasteiger partial charge in [-0.05, 0) is 37.5 Å². The van der Waals surface area contributed by atoms with E-state index in [1.807, 2.05) is 44.2 Å². The summed E-state index contributed by atoms with van der Waals surface area (Å²) in [5.74, 6) is -0.264. The van der Waals surface area contributed by atoms with Gasteiger partial charge in [0.2, 0.25) is 0 Å². The van der Waals surface area contributed by atoms with Crippen molar-refractivity contribution < 1.29 is 23.8 Å². The Balaban J connectivity index is 1.89. The van der Waals surface area contributed by atoms with Crippen molar-refractivity contribution in [3.05, 3.63) is 58.6 Å². The molecular formula is C22H26ClNO5. The standard InChI is InChI=1S/C22H26ClNO5/c1-3-12-28-21-18(23)13-17(14-19(21)27-4-2)22(26)29-15-20(25)24-11-10-16-8-6-5-7-9-16/h5-9,13-14H,3-4,10-12,15H2,1-2H3,(H,24,25). The van der Waals surface area contributed by atoms with Gasteiger partial charge in [0.15, 0.2) is 18.1 Å². The minimum atomic E-state index is -0.659. The summed E-state index contributed by atoms with van der Waals surface area (Å²) in [7, 11) is 0. The lowest BCUT2D eigenvalue weighted by Gasteiger charge is -2.14. The molecule has 0 spiro atoms. The third-order valence-corrected chi connectivity index (χ3v) is 4.19. The zero-order valence-corrected chi connectivity index (χ0v) is 17.5. The molecule has 0 saturated carbocycles. The van der Waals surface area contributed by atoms with Gasteiger partial charge in [0, 0.05) is 6.54 Å². The zero-order chi connectivity index (χ0) is 21.1. The zero-order valence-electron chi connectivity index (χ0n) is 16.7. The predicted molar refractivity (Wildman–Crippen MR) is 112 cm³/mol. The SMILES string of the molecule is CCCOc1c(Cl)cc(C(=O)OCC(=O)NCCc2ccccc2)cc1OCC. The van der Waals surface area contributed by atoms with Crippen LogP contribution in [0.2, 0.25) is 5.02 Å². The number of rotatable bonds is 11. The Morgan fingerprint density at radius 3 is 2.52 bits per heavy atom. The van der Waals surface area contributed by atoms with Gasteiger partial charge in [0.1, 0.15) is 0 Å². The third-order valence-electron chi connectivity index (χ3n) is 3.91. The molecule has 0 unspecified atom stereocenters. The van der Waals surface area contributed by atoms with Crippen LogP contribution in [-0.4, -0.2) is 38.2 Å². The first-order chi connectivity index (χ1) is 14.0. The number of amides is 1. The van der Waals surface area contributed by atoms with E-state index in [1.54, 1.807) is 0 Å². The van der Waals surface area contributed by atoms with Gasteiger partial charge in [-0.2, -0.15) is 0 Å². The highest BCUT2D eigenvalue weighted by Gasteiger charge is 2.18. The Labute approximate surface area is 176 Å². The van der Waals surface area contributed by atoms with E-state index >= 15 is 0 Å². The second-order valence-corrected chi connectivity index (χ2v) is 6.64. The molecule has 156 valence electrons. The van der Waals surface area contributed by atoms with Gasteiger partial charge in [-0.25, -0.2) is 4.79 Å². The van der Waals surface area contributed by atoms with Crippen LogP contribution in [0.25, 0.3) is 0 Å². The lowest BCUT2D eigenvalue weighted by molar-refractivity contribution is -0.124. The fourth-order valence-electron chi connectivity index (χ4n) is 2.55. The van der Waals surface area contributed by atoms with Gasteiger partial charge in [-0.1, -0.05) is 48.9 Å². The van der Waals surface area contributed by atoms with Crippen LogP contribution < -0.4 is 14.8 Å². The Morgan fingerprint density at radius 1 is 1.07 bits per heavy atom. The highest BCUT2D eigenvalue weighted by molar-refractivity contribution is 6.32. The molecule has 0 bridgehead atoms. The van der Waals surface area contributed by atoms with Crippen molar-refractivity contribution in [3.63, 3.8) is 0 Å². The summed E-state index contributed by atoms with van der Waals surface area (Å²) in [6, 6.07) is 12.8. The molecule has 2 rings (SSSR count). The summed E-state index contributed by atoms with van der Waals surface area (Å²) in [4.78, 5) is 24.2. The van der Waals surface area contributed by atoms with E-state index in [-0.39, 0.29) is 23.1 Å². The number of hydrogen-bond donors (Lipinski definition) is 1. The number of carbonyl (C=O) groups excluding carboxylic acids is 2. The molecule has 1 amide bonds. The van der Waals surface area contributed by atoms with Gasteiger partial charge < -0.3 is 19.5 Å². The Bertz CT molecular complexity index is 810. The second-order valence-electron chi connectivity index (χ2n) is 6.23. The lowest BCUT2D eigenvalue weighted by Crippen LogP contribution is -2.30. The first-order valence-corrected chi connectivity index (χ1v) is 9.99. The minimum absolute atomic E-state index is 0.194. The molecule has 1 N–H and O–H groups in total. The van der Waals surface area contributed by atoms with E-state index in [9.17, 15) is 9.59 Å². The minimum Gasteiger partial charge on any atom is -0.490 e. The van der Waals surface area contributed by atoms with Crippen LogP contribution in [-0.2, 0) is 16.0 Å². The van der Waals surface area contributed by atoms with Gasteiger partial charge in [0.25, 0.3) is 5.91 Å². The van der Waals surface area contributed by atoms with E-state index in [4.69, 9.17) is 25.8 Å². The number of hydrogen-bond acceptors (Lipinski definition) is 5. The number of esters is 1. The topological polar surface area (TPSA) is 73.9 Å². The van der Waals surface area contributed by atoms with Crippen LogP contribution in [0.15, 0.2) is 42.5 Å². The fraction of sp³-hybridized carbons (Fsp3) is 0.364. The van der Waals surface area contributed by atoms with Crippen LogP contribution in [0.4, 0.5) is 0 Å². The van der Waals surface area contributed by atoms with Crippen LogP contribution in [0.3, 0.4) is 0 Å². The van der Waals surface area contributed by atoms with Crippen LogP contribution in [0.1, 0.15) is 36.2 Å². The Kier molecular flexibility index (Phi) is 9.31. The van der Waals surface area contributed by atoms with E-state index in [2.05, 4.69) is 5.32 Å². The molecule has 2 aromatic rings. The second kappa shape index (κ2) is 12.0. The largest absolute Gasteiger partial charge is 0.490 e. The average Bonchev–Trinajstić information content (AvgIpc) is 2.72. The average molecular weight is 420 g/mol. The van der Waals surface area contributed by atoms with Crippen LogP contribution in [0.5, 0.6) is 11.5 Å². The van der Waals surface area contributed by atoms with Gasteiger partial charge in [-0.15, -0.1) is 0 Å². The maximum atomic E-state index is 12.3. The normalized spacial score (nSPS) is 10.3. The van der Waals surface area contributed by atoms with Crippen molar-refractivity contribution in [1.29, 1.82) is 0 Å². The van der Waals surface area contributed by atoms with Gasteiger partial charge in [0.05, 0.1) is 23.8 Å². The quantitative estimate of drug-likeness (QED) is 0.556. The number of benzene rings is 2. The van der Waals surface area contributed by atoms with Gasteiger partial charge in [-0.3, -0.25) is 4.79 Å². The highest BCUT2D eigenvalue weighted by Crippen LogP contribution is 2.37. The summed E-state index contributed by atoms with van der Waals surface area (Å²) in [6.45, 7) is 4.76. The molecule has 0 aliphatic heterocycles. The molecule has 6 nitrogen and oxygen atoms in total. The Morgan fingerprint density at radius 2 is 1.83 bits per heavy atom. The molecule has 0 aliphatic rings. The van der Waals surface area contributed by atoms with Crippen molar-refractivity contribution in [3.8, 4) is 11.5 Å². The van der Waals surface area contributed by atoms with Gasteiger partial charge >= 0.3 is 5.97 Å². The first-order valence-electron chi connectivity index (χ1n) is 9.62. The van der Waals surface area contributed by atoms with Crippen molar-refractivity contribution >= 4 is 23.5 Å². The van der Waals surface area contributed by atoms with Crippen molar-refractivity contribution in [1.82, 2.24) is 5.32 Å². The van der Waals surface area contributed by atoms with Crippen molar-refractivity contribution in [2.75, 3.05) is 26.4 Å². The summed E-state index contributed by atoms with van der Waals surface area (Å²) in [6.07, 6.45) is 1.51. The number of nitrogens with one attached hydrogen (secondary N) is 1. The summed E-state index contributed by atoms with van der Waals surface area (Å²) >= 11 is 6.25. The van der Waals surface area contributed by atoms with Crippen LogP contribution in [0, 0.1) is 0 Å². The molecule has 0 aromatic heterocycles. The van der Waals surface area contributed by atoms with E-state index in [1.165, 1.54) is 12.1 Å². The molecular weight excluding hydrogens is 394 g/mol. The predicted octanol–water partition coefficient (Wildman–Crippen LogP) is 4.04. The van der Waals surface area contributed by atoms with Crippen molar-refractivity contribution in [2.45, 2.75) is 26.7 Å². The van der Waals surface area contributed by atoms with Crippen molar-refractivity contribution in [2.24, 2.45) is 0 Å². The maximum Gasteiger partial charge on any atom is 0.338 e. The molecule has 0 aliphatic carbocycles. The smallest absolute Gasteiger partial charge is 0.338 e. The molecule has 0 heterocycles. The monoisotopic (exact) mass is 419 g/mol. The Hall–Kier alpha value is -2.73. The number of ether oxygens (including phenoxy) is 3. The first kappa shape index (κ1) is 22.6. The summed E-state index contributed by atoms with van der Waals surface area (Å²) in [5, 5.41) is 2.98. The number of halogens is 1. The van der Waals surface area contributed by atoms with E-state index in [0.717, 1.165) is 12.0 Å². The molecule has 0 atom stereocenters. The maximum absolute atomic E-state index is 12.3. The van der Waals surface area contributed by atoms with E-state index < -0.39 is 5.97 Å². The highest BCUT2D eigenvalue weighted by atomic mass is 35.5. The number of carbonyl (C=O) groups is 2. The molecule has 0 saturated heterocycles. The van der Waals surface area contributed by atoms with Crippen LogP contribution >= 0.6 is 11.6 Å². The molecule has 2 aromatic carbocycles. The molecule has 29 heavy (non-hydrogen) atoms. The molecule has 0 radical (unpaired) electrons. The molecule has 0 fully saturated rings. The van der Waals surface area contributed by atoms with E-state index in [0.29, 0.717) is 37.7 Å². The summed E-state index contributed by atoms with van der Waals surface area (Å²) in [5.41, 5.74) is 1.31. The summed E-state index contributed by atoms with van der Waals surface area (Å²) < 4.78 is 16.2. The fourth-order valence-corrected chi connectivity index (χ4v) is 2.81.